The van der Waals surface area contributed by atoms with Crippen LogP contribution < -0.4 is 4.72 Å². The molecule has 3 aromatic rings. The van der Waals surface area contributed by atoms with Crippen molar-refractivity contribution in [1.29, 1.82) is 0 Å². The Morgan fingerprint density at radius 3 is 2.69 bits per heavy atom. The van der Waals surface area contributed by atoms with Gasteiger partial charge in [0.1, 0.15) is 11.5 Å². The summed E-state index contributed by atoms with van der Waals surface area (Å²) >= 11 is 0. The van der Waals surface area contributed by atoms with Crippen LogP contribution in [-0.4, -0.2) is 46.2 Å². The zero-order valence-corrected chi connectivity index (χ0v) is 18.4. The lowest BCUT2D eigenvalue weighted by Gasteiger charge is -2.11. The van der Waals surface area contributed by atoms with Crippen LogP contribution in [0.2, 0.25) is 0 Å². The third-order valence-corrected chi connectivity index (χ3v) is 5.91. The second-order valence-corrected chi connectivity index (χ2v) is 8.98. The number of pyridine rings is 1. The number of carbonyl (C=O) groups is 1. The molecule has 0 aliphatic heterocycles. The number of hydrogen-bond acceptors (Lipinski definition) is 6. The van der Waals surface area contributed by atoms with Crippen molar-refractivity contribution in [2.24, 2.45) is 7.05 Å². The van der Waals surface area contributed by atoms with Gasteiger partial charge in [0.2, 0.25) is 10.0 Å². The van der Waals surface area contributed by atoms with Crippen LogP contribution >= 0.6 is 0 Å². The normalized spacial score (nSPS) is 12.3. The predicted octanol–water partition coefficient (Wildman–Crippen LogP) is 3.09. The van der Waals surface area contributed by atoms with E-state index >= 15 is 0 Å². The van der Waals surface area contributed by atoms with Crippen LogP contribution in [0.5, 0.6) is 0 Å². The minimum absolute atomic E-state index is 0.00566. The molecule has 1 N–H and O–H groups in total. The molecule has 0 aliphatic carbocycles. The SMILES string of the molecule is CCCOC(=O)NS(=O)(=O)CCc1c(C)nn(C)c1-n1ccc2cc(C(F)(F)F)cnc21. The van der Waals surface area contributed by atoms with Crippen LogP contribution in [0.25, 0.3) is 16.9 Å². The molecule has 0 aliphatic rings. The molecule has 9 nitrogen and oxygen atoms in total. The zero-order valence-electron chi connectivity index (χ0n) is 17.6. The second kappa shape index (κ2) is 8.81. The monoisotopic (exact) mass is 473 g/mol. The van der Waals surface area contributed by atoms with Crippen LogP contribution in [0, 0.1) is 6.92 Å². The summed E-state index contributed by atoms with van der Waals surface area (Å²) in [5.41, 5.74) is 0.502. The zero-order chi connectivity index (χ0) is 23.7. The van der Waals surface area contributed by atoms with Gasteiger partial charge in [-0.2, -0.15) is 18.3 Å². The molecular weight excluding hydrogens is 451 g/mol. The molecular formula is C19H22F3N5O4S. The molecule has 0 radical (unpaired) electrons. The Kier molecular flexibility index (Phi) is 6.49. The number of aryl methyl sites for hydroxylation is 2. The second-order valence-electron chi connectivity index (χ2n) is 7.14. The van der Waals surface area contributed by atoms with E-state index in [-0.39, 0.29) is 24.1 Å². The topological polar surface area (TPSA) is 108 Å². The molecule has 0 spiro atoms. The minimum Gasteiger partial charge on any atom is -0.449 e. The minimum atomic E-state index is -4.52. The molecule has 0 aromatic carbocycles. The number of nitrogens with zero attached hydrogens (tertiary/aromatic N) is 4. The maximum Gasteiger partial charge on any atom is 0.420 e. The number of aromatic nitrogens is 4. The maximum absolute atomic E-state index is 13.0. The lowest BCUT2D eigenvalue weighted by atomic mass is 10.2. The van der Waals surface area contributed by atoms with Crippen molar-refractivity contribution in [2.75, 3.05) is 12.4 Å². The van der Waals surface area contributed by atoms with Crippen LogP contribution in [0.4, 0.5) is 18.0 Å². The summed E-state index contributed by atoms with van der Waals surface area (Å²) in [6.07, 6.45) is -2.71. The Labute approximate surface area is 182 Å². The maximum atomic E-state index is 13.0. The van der Waals surface area contributed by atoms with Gasteiger partial charge in [0.15, 0.2) is 0 Å². The number of nitrogens with one attached hydrogen (secondary N) is 1. The fourth-order valence-corrected chi connectivity index (χ4v) is 4.16. The van der Waals surface area contributed by atoms with E-state index in [2.05, 4.69) is 10.1 Å². The molecule has 13 heteroatoms. The summed E-state index contributed by atoms with van der Waals surface area (Å²) in [6.45, 7) is 3.56. The summed E-state index contributed by atoms with van der Waals surface area (Å²) in [7, 11) is -2.34. The molecule has 32 heavy (non-hydrogen) atoms. The van der Waals surface area contributed by atoms with E-state index in [1.807, 2.05) is 4.72 Å². The van der Waals surface area contributed by atoms with Gasteiger partial charge in [-0.1, -0.05) is 6.92 Å². The van der Waals surface area contributed by atoms with E-state index in [1.54, 1.807) is 31.7 Å². The number of rotatable bonds is 7. The van der Waals surface area contributed by atoms with Gasteiger partial charge in [0, 0.05) is 30.4 Å². The molecule has 0 bridgehead atoms. The number of carbonyl (C=O) groups excluding carboxylic acids is 1. The van der Waals surface area contributed by atoms with Crippen LogP contribution in [-0.2, 0) is 34.4 Å². The first-order valence-electron chi connectivity index (χ1n) is 9.67. The number of amides is 1. The van der Waals surface area contributed by atoms with Gasteiger partial charge >= 0.3 is 12.3 Å². The van der Waals surface area contributed by atoms with Crippen LogP contribution in [0.3, 0.4) is 0 Å². The van der Waals surface area contributed by atoms with Crippen LogP contribution in [0.1, 0.15) is 30.2 Å². The number of sulfonamides is 1. The van der Waals surface area contributed by atoms with Gasteiger partial charge in [-0.25, -0.2) is 22.9 Å². The first kappa shape index (κ1) is 23.6. The van der Waals surface area contributed by atoms with Gasteiger partial charge in [-0.3, -0.25) is 9.25 Å². The van der Waals surface area contributed by atoms with E-state index < -0.39 is 33.6 Å². The molecule has 0 saturated carbocycles. The average Bonchev–Trinajstić information content (AvgIpc) is 3.22. The highest BCUT2D eigenvalue weighted by Gasteiger charge is 2.31. The van der Waals surface area contributed by atoms with Gasteiger partial charge in [-0.05, 0) is 31.9 Å². The lowest BCUT2D eigenvalue weighted by Crippen LogP contribution is -2.33. The quantitative estimate of drug-likeness (QED) is 0.565. The fraction of sp³-hybridized carbons (Fsp3) is 0.421. The number of alkyl halides is 3. The van der Waals surface area contributed by atoms with E-state index in [0.717, 1.165) is 12.3 Å². The smallest absolute Gasteiger partial charge is 0.420 e. The molecule has 3 rings (SSSR count). The van der Waals surface area contributed by atoms with Crippen molar-refractivity contribution >= 4 is 27.1 Å². The van der Waals surface area contributed by atoms with E-state index in [1.165, 1.54) is 10.7 Å². The molecule has 1 amide bonds. The van der Waals surface area contributed by atoms with Gasteiger partial charge < -0.3 is 4.74 Å². The van der Waals surface area contributed by atoms with Crippen molar-refractivity contribution in [3.8, 4) is 5.82 Å². The Morgan fingerprint density at radius 1 is 1.31 bits per heavy atom. The van der Waals surface area contributed by atoms with Gasteiger partial charge in [0.25, 0.3) is 0 Å². The first-order chi connectivity index (χ1) is 14.9. The predicted molar refractivity (Wildman–Crippen MR) is 110 cm³/mol. The van der Waals surface area contributed by atoms with Gasteiger partial charge in [-0.15, -0.1) is 0 Å². The van der Waals surface area contributed by atoms with Crippen molar-refractivity contribution in [1.82, 2.24) is 24.1 Å². The third-order valence-electron chi connectivity index (χ3n) is 4.69. The summed E-state index contributed by atoms with van der Waals surface area (Å²) < 4.78 is 73.2. The average molecular weight is 473 g/mol. The highest BCUT2D eigenvalue weighted by Crippen LogP contribution is 2.31. The Bertz CT molecular complexity index is 1250. The fourth-order valence-electron chi connectivity index (χ4n) is 3.27. The number of fused-ring (bicyclic) bond motifs is 1. The van der Waals surface area contributed by atoms with Crippen molar-refractivity contribution < 1.29 is 31.1 Å². The van der Waals surface area contributed by atoms with Crippen molar-refractivity contribution in [3.63, 3.8) is 0 Å². The highest BCUT2D eigenvalue weighted by atomic mass is 32.2. The van der Waals surface area contributed by atoms with E-state index in [0.29, 0.717) is 23.5 Å². The number of ether oxygens (including phenoxy) is 1. The van der Waals surface area contributed by atoms with Crippen molar-refractivity contribution in [3.05, 3.63) is 41.3 Å². The Hall–Kier alpha value is -3.09. The summed E-state index contributed by atoms with van der Waals surface area (Å²) in [6, 6.07) is 2.49. The molecule has 174 valence electrons. The lowest BCUT2D eigenvalue weighted by molar-refractivity contribution is -0.137. The molecule has 0 unspecified atom stereocenters. The standard InChI is InChI=1S/C19H22F3N5O4S/c1-4-8-31-18(28)25-32(29,30)9-6-15-12(2)24-26(3)17(15)27-7-5-13-10-14(19(20,21)22)11-23-16(13)27/h5,7,10-11H,4,6,8-9H2,1-3H3,(H,25,28). The summed E-state index contributed by atoms with van der Waals surface area (Å²) in [5, 5.41) is 4.59. The molecule has 3 heterocycles. The van der Waals surface area contributed by atoms with Gasteiger partial charge in [0.05, 0.1) is 23.6 Å². The number of hydrogen-bond donors (Lipinski definition) is 1. The Morgan fingerprint density at radius 2 is 2.03 bits per heavy atom. The molecule has 0 fully saturated rings. The van der Waals surface area contributed by atoms with Crippen molar-refractivity contribution in [2.45, 2.75) is 32.9 Å². The molecule has 0 saturated heterocycles. The third kappa shape index (κ3) is 5.03. The highest BCUT2D eigenvalue weighted by molar-refractivity contribution is 7.90. The van der Waals surface area contributed by atoms with E-state index in [4.69, 9.17) is 4.74 Å². The molecule has 0 atom stereocenters. The summed E-state index contributed by atoms with van der Waals surface area (Å²) in [5.74, 6) is 0.0482. The molecule has 3 aromatic heterocycles. The first-order valence-corrected chi connectivity index (χ1v) is 11.3. The summed E-state index contributed by atoms with van der Waals surface area (Å²) in [4.78, 5) is 15.5. The largest absolute Gasteiger partial charge is 0.449 e. The van der Waals surface area contributed by atoms with Crippen LogP contribution in [0.15, 0.2) is 24.5 Å². The number of halogens is 3. The Balaban J connectivity index is 1.90. The van der Waals surface area contributed by atoms with E-state index in [9.17, 15) is 26.4 Å².